The maximum absolute atomic E-state index is 12.3. The van der Waals surface area contributed by atoms with Crippen molar-refractivity contribution in [3.63, 3.8) is 0 Å². The summed E-state index contributed by atoms with van der Waals surface area (Å²) in [4.78, 5) is 25.9. The third-order valence-electron chi connectivity index (χ3n) is 5.09. The van der Waals surface area contributed by atoms with Crippen LogP contribution >= 0.6 is 0 Å². The van der Waals surface area contributed by atoms with Gasteiger partial charge in [-0.2, -0.15) is 5.10 Å². The van der Waals surface area contributed by atoms with Gasteiger partial charge in [-0.05, 0) is 26.7 Å². The Labute approximate surface area is 124 Å². The van der Waals surface area contributed by atoms with Crippen LogP contribution < -0.4 is 5.32 Å². The van der Waals surface area contributed by atoms with Gasteiger partial charge < -0.3 is 10.2 Å². The fourth-order valence-electron chi connectivity index (χ4n) is 3.32. The van der Waals surface area contributed by atoms with E-state index in [1.165, 1.54) is 0 Å². The van der Waals surface area contributed by atoms with E-state index in [0.717, 1.165) is 30.5 Å². The highest BCUT2D eigenvalue weighted by molar-refractivity contribution is 5.95. The van der Waals surface area contributed by atoms with Gasteiger partial charge >= 0.3 is 0 Å². The number of H-pyrrole nitrogens is 1. The normalized spacial score (nSPS) is 21.6. The molecule has 0 spiro atoms. The van der Waals surface area contributed by atoms with Crippen molar-refractivity contribution in [3.8, 4) is 0 Å². The molecular weight excluding hydrogens is 268 g/mol. The molecule has 3 rings (SSSR count). The smallest absolute Gasteiger partial charge is 0.231 e. The minimum absolute atomic E-state index is 0.0211. The number of nitrogens with one attached hydrogen (secondary N) is 2. The molecule has 0 aromatic carbocycles. The standard InChI is InChI=1S/C15H22N4O2/c1-9(20)19-8-10-11(14(19,2)3)17-18-12(10)16-13(21)15(4)6-5-7-15/h5-8H2,1-4H3,(H2,16,17,18,21). The Hall–Kier alpha value is -1.85. The first kappa shape index (κ1) is 14.1. The third-order valence-corrected chi connectivity index (χ3v) is 5.09. The summed E-state index contributed by atoms with van der Waals surface area (Å²) in [6, 6.07) is 0. The van der Waals surface area contributed by atoms with Gasteiger partial charge in [0, 0.05) is 17.9 Å². The highest BCUT2D eigenvalue weighted by Gasteiger charge is 2.44. The fraction of sp³-hybridized carbons (Fsp3) is 0.667. The van der Waals surface area contributed by atoms with Crippen molar-refractivity contribution in [3.05, 3.63) is 11.3 Å². The number of amides is 2. The molecule has 2 aliphatic rings. The summed E-state index contributed by atoms with van der Waals surface area (Å²) in [7, 11) is 0. The number of nitrogens with zero attached hydrogens (tertiary/aromatic N) is 2. The number of hydrogen-bond acceptors (Lipinski definition) is 3. The highest BCUT2D eigenvalue weighted by Crippen LogP contribution is 2.43. The first-order chi connectivity index (χ1) is 9.75. The number of fused-ring (bicyclic) bond motifs is 1. The lowest BCUT2D eigenvalue weighted by atomic mass is 9.70. The fourth-order valence-corrected chi connectivity index (χ4v) is 3.32. The van der Waals surface area contributed by atoms with Crippen molar-refractivity contribution < 1.29 is 9.59 Å². The van der Waals surface area contributed by atoms with Crippen molar-refractivity contribution >= 4 is 17.6 Å². The van der Waals surface area contributed by atoms with Crippen molar-refractivity contribution in [2.75, 3.05) is 5.32 Å². The molecule has 6 nitrogen and oxygen atoms in total. The lowest BCUT2D eigenvalue weighted by Crippen LogP contribution is -2.40. The van der Waals surface area contributed by atoms with E-state index in [0.29, 0.717) is 12.4 Å². The van der Waals surface area contributed by atoms with Crippen molar-refractivity contribution in [1.29, 1.82) is 0 Å². The second-order valence-corrected chi connectivity index (χ2v) is 6.96. The Morgan fingerprint density at radius 1 is 1.29 bits per heavy atom. The van der Waals surface area contributed by atoms with Crippen LogP contribution in [-0.4, -0.2) is 26.9 Å². The monoisotopic (exact) mass is 290 g/mol. The Kier molecular flexibility index (Phi) is 2.90. The summed E-state index contributed by atoms with van der Waals surface area (Å²) in [6.45, 7) is 8.01. The van der Waals surface area contributed by atoms with E-state index in [1.54, 1.807) is 11.8 Å². The van der Waals surface area contributed by atoms with Gasteiger partial charge in [0.05, 0.1) is 17.8 Å². The molecule has 1 aromatic rings. The summed E-state index contributed by atoms with van der Waals surface area (Å²) in [5.74, 6) is 0.620. The molecule has 1 aromatic heterocycles. The molecule has 114 valence electrons. The summed E-state index contributed by atoms with van der Waals surface area (Å²) < 4.78 is 0. The Morgan fingerprint density at radius 2 is 1.95 bits per heavy atom. The van der Waals surface area contributed by atoms with Gasteiger partial charge in [-0.3, -0.25) is 14.7 Å². The van der Waals surface area contributed by atoms with Crippen LogP contribution in [0.25, 0.3) is 0 Å². The van der Waals surface area contributed by atoms with E-state index in [9.17, 15) is 9.59 Å². The molecule has 1 saturated carbocycles. The summed E-state index contributed by atoms with van der Waals surface area (Å²) in [6.07, 6.45) is 2.96. The highest BCUT2D eigenvalue weighted by atomic mass is 16.2. The number of hydrogen-bond donors (Lipinski definition) is 2. The lowest BCUT2D eigenvalue weighted by Gasteiger charge is -2.36. The molecule has 2 N–H and O–H groups in total. The number of rotatable bonds is 2. The molecule has 1 aliphatic heterocycles. The zero-order valence-electron chi connectivity index (χ0n) is 13.0. The molecule has 21 heavy (non-hydrogen) atoms. The van der Waals surface area contributed by atoms with Crippen LogP contribution in [-0.2, 0) is 21.7 Å². The second kappa shape index (κ2) is 4.32. The van der Waals surface area contributed by atoms with Crippen LogP contribution in [0.2, 0.25) is 0 Å². The van der Waals surface area contributed by atoms with Gasteiger partial charge in [-0.1, -0.05) is 13.3 Å². The van der Waals surface area contributed by atoms with Crippen LogP contribution in [0.3, 0.4) is 0 Å². The molecule has 2 heterocycles. The minimum atomic E-state index is -0.419. The Bertz CT molecular complexity index is 613. The number of anilines is 1. The molecule has 0 atom stereocenters. The molecule has 0 radical (unpaired) electrons. The maximum Gasteiger partial charge on any atom is 0.231 e. The second-order valence-electron chi connectivity index (χ2n) is 6.96. The third kappa shape index (κ3) is 1.96. The van der Waals surface area contributed by atoms with Crippen LogP contribution in [0.1, 0.15) is 58.2 Å². The number of aromatic amines is 1. The zero-order chi connectivity index (χ0) is 15.4. The molecule has 0 unspecified atom stereocenters. The van der Waals surface area contributed by atoms with Crippen molar-refractivity contribution in [1.82, 2.24) is 15.1 Å². The van der Waals surface area contributed by atoms with Crippen molar-refractivity contribution in [2.45, 2.75) is 59.0 Å². The number of carbonyl (C=O) groups excluding carboxylic acids is 2. The summed E-state index contributed by atoms with van der Waals surface area (Å²) in [5, 5.41) is 10.2. The molecule has 6 heteroatoms. The van der Waals surface area contributed by atoms with Gasteiger partial charge in [0.25, 0.3) is 0 Å². The summed E-state index contributed by atoms with van der Waals surface area (Å²) in [5.41, 5.74) is 1.15. The van der Waals surface area contributed by atoms with E-state index in [4.69, 9.17) is 0 Å². The molecule has 0 bridgehead atoms. The largest absolute Gasteiger partial charge is 0.328 e. The summed E-state index contributed by atoms with van der Waals surface area (Å²) >= 11 is 0. The maximum atomic E-state index is 12.3. The number of carbonyl (C=O) groups is 2. The van der Waals surface area contributed by atoms with Gasteiger partial charge in [0.2, 0.25) is 11.8 Å². The molecule has 2 amide bonds. The van der Waals surface area contributed by atoms with Crippen LogP contribution in [0, 0.1) is 5.41 Å². The van der Waals surface area contributed by atoms with Gasteiger partial charge in [0.1, 0.15) is 0 Å². The molecule has 0 saturated heterocycles. The van der Waals surface area contributed by atoms with E-state index >= 15 is 0 Å². The van der Waals surface area contributed by atoms with E-state index < -0.39 is 5.54 Å². The van der Waals surface area contributed by atoms with Gasteiger partial charge in [0.15, 0.2) is 5.82 Å². The van der Waals surface area contributed by atoms with Gasteiger partial charge in [-0.15, -0.1) is 0 Å². The Morgan fingerprint density at radius 3 is 2.48 bits per heavy atom. The quantitative estimate of drug-likeness (QED) is 0.876. The average Bonchev–Trinajstić information content (AvgIpc) is 2.86. The van der Waals surface area contributed by atoms with E-state index in [2.05, 4.69) is 15.5 Å². The van der Waals surface area contributed by atoms with Crippen molar-refractivity contribution in [2.24, 2.45) is 5.41 Å². The van der Waals surface area contributed by atoms with E-state index in [1.807, 2.05) is 20.8 Å². The predicted octanol–water partition coefficient (Wildman–Crippen LogP) is 2.14. The van der Waals surface area contributed by atoms with Crippen LogP contribution in [0.15, 0.2) is 0 Å². The zero-order valence-corrected chi connectivity index (χ0v) is 13.0. The molecule has 1 aliphatic carbocycles. The molecule has 1 fully saturated rings. The topological polar surface area (TPSA) is 78.1 Å². The first-order valence-electron chi connectivity index (χ1n) is 7.43. The van der Waals surface area contributed by atoms with E-state index in [-0.39, 0.29) is 17.2 Å². The molecular formula is C15H22N4O2. The minimum Gasteiger partial charge on any atom is -0.328 e. The van der Waals surface area contributed by atoms with Crippen LogP contribution in [0.4, 0.5) is 5.82 Å². The predicted molar refractivity (Wildman–Crippen MR) is 78.4 cm³/mol. The van der Waals surface area contributed by atoms with Crippen LogP contribution in [0.5, 0.6) is 0 Å². The lowest BCUT2D eigenvalue weighted by molar-refractivity contribution is -0.134. The SMILES string of the molecule is CC(=O)N1Cc2c(NC(=O)C3(C)CCC3)n[nH]c2C1(C)C. The first-order valence-corrected chi connectivity index (χ1v) is 7.43. The number of aromatic nitrogens is 2. The Balaban J connectivity index is 1.86. The average molecular weight is 290 g/mol. The van der Waals surface area contributed by atoms with Gasteiger partial charge in [-0.25, -0.2) is 0 Å².